The van der Waals surface area contributed by atoms with Crippen molar-refractivity contribution in [1.82, 2.24) is 9.80 Å². The summed E-state index contributed by atoms with van der Waals surface area (Å²) in [5, 5.41) is 1.75. The number of amidine groups is 1. The van der Waals surface area contributed by atoms with Crippen LogP contribution in [0.3, 0.4) is 0 Å². The van der Waals surface area contributed by atoms with E-state index in [1.807, 2.05) is 47.9 Å². The van der Waals surface area contributed by atoms with Gasteiger partial charge in [-0.15, -0.1) is 0 Å². The maximum absolute atomic E-state index is 12.5. The normalized spacial score (nSPS) is 22.4. The van der Waals surface area contributed by atoms with Crippen LogP contribution in [0.4, 0.5) is 0 Å². The predicted molar refractivity (Wildman–Crippen MR) is 88.0 cm³/mol. The van der Waals surface area contributed by atoms with Gasteiger partial charge in [-0.2, -0.15) is 0 Å². The van der Waals surface area contributed by atoms with E-state index in [2.05, 4.69) is 16.8 Å². The Balaban J connectivity index is 1.58. The molecule has 1 saturated heterocycles. The highest BCUT2D eigenvalue weighted by atomic mass is 32.2. The lowest BCUT2D eigenvalue weighted by Gasteiger charge is -2.35. The standard InChI is InChI=1S/C16H21N3OS/c1-12-3-5-14(6-4-12)15(20)18-7-9-19(10-8-18)16-17-11-13(2)21-16/h3-6,13H,7-11H2,1-2H3. The summed E-state index contributed by atoms with van der Waals surface area (Å²) in [5.74, 6) is 0.143. The molecule has 1 aromatic rings. The molecule has 0 radical (unpaired) electrons. The molecule has 1 unspecified atom stereocenters. The highest BCUT2D eigenvalue weighted by Crippen LogP contribution is 2.23. The SMILES string of the molecule is Cc1ccc(C(=O)N2CCN(C3=NCC(C)S3)CC2)cc1. The largest absolute Gasteiger partial charge is 0.348 e. The van der Waals surface area contributed by atoms with E-state index in [9.17, 15) is 4.79 Å². The van der Waals surface area contributed by atoms with Crippen molar-refractivity contribution in [3.05, 3.63) is 35.4 Å². The zero-order valence-electron chi connectivity index (χ0n) is 12.6. The summed E-state index contributed by atoms with van der Waals surface area (Å²) in [6, 6.07) is 7.83. The molecule has 0 aromatic heterocycles. The lowest BCUT2D eigenvalue weighted by atomic mass is 10.1. The van der Waals surface area contributed by atoms with Crippen LogP contribution < -0.4 is 0 Å². The van der Waals surface area contributed by atoms with E-state index in [1.165, 1.54) is 5.56 Å². The molecule has 0 N–H and O–H groups in total. The number of nitrogens with zero attached hydrogens (tertiary/aromatic N) is 3. The second-order valence-electron chi connectivity index (χ2n) is 5.70. The Bertz CT molecular complexity index is 547. The Labute approximate surface area is 130 Å². The summed E-state index contributed by atoms with van der Waals surface area (Å²) in [6.07, 6.45) is 0. The van der Waals surface area contributed by atoms with Gasteiger partial charge in [-0.25, -0.2) is 0 Å². The van der Waals surface area contributed by atoms with E-state index in [1.54, 1.807) is 0 Å². The van der Waals surface area contributed by atoms with Crippen molar-refractivity contribution in [3.8, 4) is 0 Å². The molecule has 4 nitrogen and oxygen atoms in total. The van der Waals surface area contributed by atoms with Gasteiger partial charge in [0.2, 0.25) is 0 Å². The van der Waals surface area contributed by atoms with Crippen molar-refractivity contribution in [2.75, 3.05) is 32.7 Å². The molecule has 2 aliphatic rings. The molecule has 1 fully saturated rings. The number of aryl methyl sites for hydroxylation is 1. The monoisotopic (exact) mass is 303 g/mol. The molecule has 21 heavy (non-hydrogen) atoms. The van der Waals surface area contributed by atoms with Crippen LogP contribution in [-0.4, -0.2) is 58.8 Å². The zero-order chi connectivity index (χ0) is 14.8. The van der Waals surface area contributed by atoms with Gasteiger partial charge in [0, 0.05) is 37.0 Å². The molecule has 1 atom stereocenters. The Morgan fingerprint density at radius 1 is 1.19 bits per heavy atom. The van der Waals surface area contributed by atoms with Gasteiger partial charge in [0.15, 0.2) is 5.17 Å². The highest BCUT2D eigenvalue weighted by Gasteiger charge is 2.26. The van der Waals surface area contributed by atoms with Crippen LogP contribution in [0.25, 0.3) is 0 Å². The van der Waals surface area contributed by atoms with E-state index in [-0.39, 0.29) is 5.91 Å². The molecule has 112 valence electrons. The Kier molecular flexibility index (Phi) is 4.19. The summed E-state index contributed by atoms with van der Waals surface area (Å²) in [4.78, 5) is 21.3. The topological polar surface area (TPSA) is 35.9 Å². The first-order valence-corrected chi connectivity index (χ1v) is 8.33. The predicted octanol–water partition coefficient (Wildman–Crippen LogP) is 2.24. The third kappa shape index (κ3) is 3.23. The lowest BCUT2D eigenvalue weighted by Crippen LogP contribution is -2.49. The summed E-state index contributed by atoms with van der Waals surface area (Å²) in [5.41, 5.74) is 1.97. The van der Waals surface area contributed by atoms with E-state index >= 15 is 0 Å². The van der Waals surface area contributed by atoms with Crippen molar-refractivity contribution in [2.45, 2.75) is 19.1 Å². The Hall–Kier alpha value is -1.49. The van der Waals surface area contributed by atoms with Gasteiger partial charge in [0.25, 0.3) is 5.91 Å². The number of amides is 1. The minimum atomic E-state index is 0.143. The highest BCUT2D eigenvalue weighted by molar-refractivity contribution is 8.14. The number of carbonyl (C=O) groups excluding carboxylic acids is 1. The molecule has 0 aliphatic carbocycles. The molecule has 2 aliphatic heterocycles. The first-order chi connectivity index (χ1) is 10.1. The second-order valence-corrected chi connectivity index (χ2v) is 7.10. The van der Waals surface area contributed by atoms with Crippen molar-refractivity contribution >= 4 is 22.8 Å². The van der Waals surface area contributed by atoms with E-state index < -0.39 is 0 Å². The fourth-order valence-corrected chi connectivity index (χ4v) is 3.60. The number of carbonyl (C=O) groups is 1. The zero-order valence-corrected chi connectivity index (χ0v) is 13.4. The molecule has 0 bridgehead atoms. The number of thioether (sulfide) groups is 1. The van der Waals surface area contributed by atoms with Crippen LogP contribution in [-0.2, 0) is 0 Å². The molecule has 1 aromatic carbocycles. The summed E-state index contributed by atoms with van der Waals surface area (Å²) in [6.45, 7) is 8.49. The molecular weight excluding hydrogens is 282 g/mol. The summed E-state index contributed by atoms with van der Waals surface area (Å²) in [7, 11) is 0. The molecular formula is C16H21N3OS. The number of rotatable bonds is 1. The van der Waals surface area contributed by atoms with Gasteiger partial charge in [0.1, 0.15) is 0 Å². The number of piperazine rings is 1. The van der Waals surface area contributed by atoms with E-state index in [4.69, 9.17) is 0 Å². The first kappa shape index (κ1) is 14.4. The van der Waals surface area contributed by atoms with Crippen molar-refractivity contribution in [3.63, 3.8) is 0 Å². The van der Waals surface area contributed by atoms with Gasteiger partial charge in [-0.3, -0.25) is 9.79 Å². The average molecular weight is 303 g/mol. The summed E-state index contributed by atoms with van der Waals surface area (Å²) < 4.78 is 0. The molecule has 0 saturated carbocycles. The fourth-order valence-electron chi connectivity index (χ4n) is 2.62. The first-order valence-electron chi connectivity index (χ1n) is 7.45. The third-order valence-electron chi connectivity index (χ3n) is 3.93. The fraction of sp³-hybridized carbons (Fsp3) is 0.500. The van der Waals surface area contributed by atoms with Gasteiger partial charge >= 0.3 is 0 Å². The maximum atomic E-state index is 12.5. The number of hydrogen-bond acceptors (Lipinski definition) is 4. The van der Waals surface area contributed by atoms with Gasteiger partial charge < -0.3 is 9.80 Å². The van der Waals surface area contributed by atoms with Crippen LogP contribution in [0.2, 0.25) is 0 Å². The van der Waals surface area contributed by atoms with Crippen LogP contribution in [0.5, 0.6) is 0 Å². The van der Waals surface area contributed by atoms with Gasteiger partial charge in [-0.1, -0.05) is 36.4 Å². The van der Waals surface area contributed by atoms with Gasteiger partial charge in [0.05, 0.1) is 6.54 Å². The minimum absolute atomic E-state index is 0.143. The molecule has 5 heteroatoms. The van der Waals surface area contributed by atoms with Crippen LogP contribution in [0, 0.1) is 6.92 Å². The molecule has 2 heterocycles. The van der Waals surface area contributed by atoms with Crippen LogP contribution in [0.1, 0.15) is 22.8 Å². The number of benzene rings is 1. The van der Waals surface area contributed by atoms with Crippen molar-refractivity contribution in [1.29, 1.82) is 0 Å². The van der Waals surface area contributed by atoms with Gasteiger partial charge in [-0.05, 0) is 19.1 Å². The summed E-state index contributed by atoms with van der Waals surface area (Å²) >= 11 is 1.85. The lowest BCUT2D eigenvalue weighted by molar-refractivity contribution is 0.0693. The molecule has 3 rings (SSSR count). The van der Waals surface area contributed by atoms with Crippen molar-refractivity contribution < 1.29 is 4.79 Å². The van der Waals surface area contributed by atoms with E-state index in [0.717, 1.165) is 43.5 Å². The number of hydrogen-bond donors (Lipinski definition) is 0. The second kappa shape index (κ2) is 6.10. The quantitative estimate of drug-likeness (QED) is 0.798. The average Bonchev–Trinajstić information content (AvgIpc) is 2.94. The minimum Gasteiger partial charge on any atom is -0.348 e. The third-order valence-corrected chi connectivity index (χ3v) is 5.08. The van der Waals surface area contributed by atoms with E-state index in [0.29, 0.717) is 5.25 Å². The number of aliphatic imine (C=N–C) groups is 1. The van der Waals surface area contributed by atoms with Crippen molar-refractivity contribution in [2.24, 2.45) is 4.99 Å². The Morgan fingerprint density at radius 3 is 2.43 bits per heavy atom. The smallest absolute Gasteiger partial charge is 0.253 e. The molecule has 0 spiro atoms. The maximum Gasteiger partial charge on any atom is 0.253 e. The van der Waals surface area contributed by atoms with Crippen LogP contribution >= 0.6 is 11.8 Å². The Morgan fingerprint density at radius 2 is 1.86 bits per heavy atom. The molecule has 1 amide bonds. The van der Waals surface area contributed by atoms with Crippen LogP contribution in [0.15, 0.2) is 29.3 Å².